The number of ether oxygens (including phenoxy) is 1. The molecule has 0 atom stereocenters. The summed E-state index contributed by atoms with van der Waals surface area (Å²) < 4.78 is 7.20. The van der Waals surface area contributed by atoms with Crippen molar-refractivity contribution in [3.8, 4) is 11.4 Å². The fourth-order valence-corrected chi connectivity index (χ4v) is 3.91. The smallest absolute Gasteiger partial charge is 0.292 e. The van der Waals surface area contributed by atoms with E-state index < -0.39 is 0 Å². The van der Waals surface area contributed by atoms with Crippen LogP contribution in [0.15, 0.2) is 65.6 Å². The largest absolute Gasteiger partial charge is 0.488 e. The van der Waals surface area contributed by atoms with Gasteiger partial charge in [0.1, 0.15) is 23.9 Å². The fraction of sp³-hybridized carbons (Fsp3) is 0.304. The number of rotatable bonds is 6. The average Bonchev–Trinajstić information content (AvgIpc) is 2.78. The van der Waals surface area contributed by atoms with Crippen molar-refractivity contribution in [2.45, 2.75) is 6.92 Å². The van der Waals surface area contributed by atoms with E-state index in [2.05, 4.69) is 29.1 Å². The zero-order valence-corrected chi connectivity index (χ0v) is 17.8. The molecule has 2 heterocycles. The molecule has 1 fully saturated rings. The van der Waals surface area contributed by atoms with Crippen LogP contribution in [0.3, 0.4) is 0 Å². The Morgan fingerprint density at radius 3 is 2.47 bits per heavy atom. The zero-order valence-electron chi connectivity index (χ0n) is 17.1. The first-order chi connectivity index (χ1) is 14.6. The van der Waals surface area contributed by atoms with Crippen molar-refractivity contribution < 1.29 is 9.64 Å². The second-order valence-corrected chi connectivity index (χ2v) is 7.92. The van der Waals surface area contributed by atoms with Gasteiger partial charge in [0.05, 0.1) is 43.8 Å². The second-order valence-electron chi connectivity index (χ2n) is 7.54. The lowest BCUT2D eigenvalue weighted by Gasteiger charge is -2.33. The van der Waals surface area contributed by atoms with Gasteiger partial charge in [-0.3, -0.25) is 4.79 Å². The van der Waals surface area contributed by atoms with Gasteiger partial charge in [-0.25, -0.2) is 0 Å². The van der Waals surface area contributed by atoms with E-state index in [9.17, 15) is 4.79 Å². The van der Waals surface area contributed by atoms with E-state index in [0.717, 1.165) is 38.5 Å². The molecule has 3 aromatic rings. The number of halogens is 1. The number of anilines is 1. The van der Waals surface area contributed by atoms with E-state index in [1.807, 2.05) is 42.5 Å². The number of hydrogen-bond donors (Lipinski definition) is 1. The predicted octanol–water partition coefficient (Wildman–Crippen LogP) is 1.98. The number of aryl methyl sites for hydroxylation is 1. The van der Waals surface area contributed by atoms with Crippen LogP contribution in [0, 0.1) is 6.92 Å². The number of piperazine rings is 1. The quantitative estimate of drug-likeness (QED) is 0.656. The number of nitrogens with one attached hydrogen (secondary N) is 1. The minimum atomic E-state index is -0.290. The molecule has 0 unspecified atom stereocenters. The first kappa shape index (κ1) is 20.4. The molecule has 1 aliphatic rings. The van der Waals surface area contributed by atoms with Crippen LogP contribution in [0.5, 0.6) is 5.75 Å². The van der Waals surface area contributed by atoms with E-state index in [-0.39, 0.29) is 10.6 Å². The van der Waals surface area contributed by atoms with Gasteiger partial charge in [-0.1, -0.05) is 47.5 Å². The summed E-state index contributed by atoms with van der Waals surface area (Å²) >= 11 is 6.44. The summed E-state index contributed by atoms with van der Waals surface area (Å²) in [7, 11) is 0. The van der Waals surface area contributed by atoms with Crippen LogP contribution in [-0.4, -0.2) is 49.1 Å². The molecule has 1 aromatic heterocycles. The van der Waals surface area contributed by atoms with E-state index in [0.29, 0.717) is 18.0 Å². The van der Waals surface area contributed by atoms with Crippen molar-refractivity contribution >= 4 is 17.3 Å². The number of benzene rings is 2. The third-order valence-electron chi connectivity index (χ3n) is 5.46. The Balaban J connectivity index is 1.33. The molecule has 4 rings (SSSR count). The minimum absolute atomic E-state index is 0.222. The molecule has 1 saturated heterocycles. The summed E-state index contributed by atoms with van der Waals surface area (Å²) in [5.74, 6) is 0.912. The maximum atomic E-state index is 12.7. The first-order valence-corrected chi connectivity index (χ1v) is 10.6. The zero-order chi connectivity index (χ0) is 20.9. The highest BCUT2D eigenvalue weighted by Crippen LogP contribution is 2.21. The van der Waals surface area contributed by atoms with Gasteiger partial charge in [0.15, 0.2) is 0 Å². The van der Waals surface area contributed by atoms with Crippen LogP contribution in [0.4, 0.5) is 5.69 Å². The van der Waals surface area contributed by atoms with Crippen molar-refractivity contribution in [1.82, 2.24) is 9.78 Å². The van der Waals surface area contributed by atoms with Crippen LogP contribution in [-0.2, 0) is 0 Å². The molecule has 0 saturated carbocycles. The van der Waals surface area contributed by atoms with E-state index in [1.165, 1.54) is 15.1 Å². The highest BCUT2D eigenvalue weighted by molar-refractivity contribution is 6.33. The molecule has 0 amide bonds. The van der Waals surface area contributed by atoms with Crippen molar-refractivity contribution in [3.63, 3.8) is 0 Å². The molecule has 0 radical (unpaired) electrons. The van der Waals surface area contributed by atoms with Crippen LogP contribution in [0.2, 0.25) is 5.02 Å². The third kappa shape index (κ3) is 4.66. The maximum Gasteiger partial charge on any atom is 0.292 e. The molecular formula is C23H26ClN4O2+. The monoisotopic (exact) mass is 425 g/mol. The van der Waals surface area contributed by atoms with Gasteiger partial charge in [0.25, 0.3) is 5.56 Å². The summed E-state index contributed by atoms with van der Waals surface area (Å²) in [5, 5.41) is 4.57. The predicted molar refractivity (Wildman–Crippen MR) is 119 cm³/mol. The molecule has 30 heavy (non-hydrogen) atoms. The highest BCUT2D eigenvalue weighted by atomic mass is 35.5. The summed E-state index contributed by atoms with van der Waals surface area (Å²) in [6.45, 7) is 7.30. The highest BCUT2D eigenvalue weighted by Gasteiger charge is 2.23. The number of nitrogens with zero attached hydrogens (tertiary/aromatic N) is 3. The molecule has 0 spiro atoms. The lowest BCUT2D eigenvalue weighted by Crippen LogP contribution is -3.15. The van der Waals surface area contributed by atoms with Crippen molar-refractivity contribution in [2.24, 2.45) is 0 Å². The number of quaternary nitrogens is 1. The maximum absolute atomic E-state index is 12.7. The van der Waals surface area contributed by atoms with Crippen molar-refractivity contribution in [1.29, 1.82) is 0 Å². The topological polar surface area (TPSA) is 51.8 Å². The van der Waals surface area contributed by atoms with E-state index in [1.54, 1.807) is 6.20 Å². The molecule has 0 bridgehead atoms. The molecule has 2 aromatic carbocycles. The van der Waals surface area contributed by atoms with Gasteiger partial charge in [-0.05, 0) is 31.2 Å². The fourth-order valence-electron chi connectivity index (χ4n) is 3.66. The van der Waals surface area contributed by atoms with Crippen LogP contribution in [0.1, 0.15) is 5.56 Å². The summed E-state index contributed by atoms with van der Waals surface area (Å²) in [6, 6.07) is 17.5. The lowest BCUT2D eigenvalue weighted by atomic mass is 10.2. The Morgan fingerprint density at radius 1 is 1.07 bits per heavy atom. The number of aromatic nitrogens is 2. The molecule has 6 nitrogen and oxygen atoms in total. The number of para-hydroxylation sites is 1. The van der Waals surface area contributed by atoms with Crippen molar-refractivity contribution in [3.05, 3.63) is 81.7 Å². The molecule has 1 aliphatic heterocycles. The molecule has 156 valence electrons. The Bertz CT molecular complexity index is 1030. The number of hydrogen-bond acceptors (Lipinski definition) is 4. The Morgan fingerprint density at radius 2 is 1.77 bits per heavy atom. The first-order valence-electron chi connectivity index (χ1n) is 10.2. The van der Waals surface area contributed by atoms with Gasteiger partial charge in [0, 0.05) is 0 Å². The molecule has 0 aliphatic carbocycles. The van der Waals surface area contributed by atoms with Gasteiger partial charge < -0.3 is 14.5 Å². The average molecular weight is 426 g/mol. The van der Waals surface area contributed by atoms with Crippen LogP contribution >= 0.6 is 11.6 Å². The van der Waals surface area contributed by atoms with Gasteiger partial charge >= 0.3 is 0 Å². The standard InChI is InChI=1S/C23H25ClN4O2/c1-18-7-9-20(10-8-18)30-16-15-26-11-13-27(14-12-26)21-17-25-28(23(29)22(21)24)19-5-3-2-4-6-19/h2-10,17H,11-16H2,1H3/p+1. The Kier molecular flexibility index (Phi) is 6.35. The van der Waals surface area contributed by atoms with Gasteiger partial charge in [0.2, 0.25) is 0 Å². The molecular weight excluding hydrogens is 400 g/mol. The van der Waals surface area contributed by atoms with Crippen LogP contribution in [0.25, 0.3) is 5.69 Å². The van der Waals surface area contributed by atoms with E-state index >= 15 is 0 Å². The summed E-state index contributed by atoms with van der Waals surface area (Å²) in [4.78, 5) is 16.3. The van der Waals surface area contributed by atoms with Gasteiger partial charge in [-0.15, -0.1) is 0 Å². The van der Waals surface area contributed by atoms with E-state index in [4.69, 9.17) is 16.3 Å². The second kappa shape index (κ2) is 9.32. The minimum Gasteiger partial charge on any atom is -0.488 e. The third-order valence-corrected chi connectivity index (χ3v) is 5.81. The molecule has 7 heteroatoms. The Hall–Kier alpha value is -2.83. The van der Waals surface area contributed by atoms with Crippen LogP contribution < -0.4 is 20.1 Å². The Labute approximate surface area is 181 Å². The lowest BCUT2D eigenvalue weighted by molar-refractivity contribution is -0.900. The normalized spacial score (nSPS) is 14.7. The molecule has 1 N–H and O–H groups in total. The summed E-state index contributed by atoms with van der Waals surface area (Å²) in [6.07, 6.45) is 1.70. The SMILES string of the molecule is Cc1ccc(OCC[NH+]2CCN(c3cnn(-c4ccccc4)c(=O)c3Cl)CC2)cc1. The van der Waals surface area contributed by atoms with Crippen molar-refractivity contribution in [2.75, 3.05) is 44.2 Å². The van der Waals surface area contributed by atoms with Gasteiger partial charge in [-0.2, -0.15) is 9.78 Å². The summed E-state index contributed by atoms with van der Waals surface area (Å²) in [5.41, 5.74) is 2.36.